The van der Waals surface area contributed by atoms with Crippen molar-refractivity contribution in [2.24, 2.45) is 0 Å². The van der Waals surface area contributed by atoms with Crippen molar-refractivity contribution >= 4 is 11.7 Å². The van der Waals surface area contributed by atoms with Crippen LogP contribution in [-0.2, 0) is 4.79 Å². The quantitative estimate of drug-likeness (QED) is 0.656. The van der Waals surface area contributed by atoms with Crippen molar-refractivity contribution < 1.29 is 14.3 Å². The number of amides is 1. The molecule has 1 spiro atoms. The number of likely N-dealkylation sites (tertiary alicyclic amines) is 1. The summed E-state index contributed by atoms with van der Waals surface area (Å²) in [4.78, 5) is 25.3. The SMILES string of the molecule is C#CC(=O)N1CCC2(CC(=O)c3ccccc3O2)C1. The van der Waals surface area contributed by atoms with Crippen LogP contribution < -0.4 is 4.74 Å². The average Bonchev–Trinajstić information content (AvgIpc) is 2.81. The number of terminal acetylenes is 1. The normalized spacial score (nSPS) is 24.8. The van der Waals surface area contributed by atoms with E-state index in [9.17, 15) is 9.59 Å². The van der Waals surface area contributed by atoms with Crippen LogP contribution in [0.5, 0.6) is 5.75 Å². The molecule has 1 fully saturated rings. The summed E-state index contributed by atoms with van der Waals surface area (Å²) >= 11 is 0. The van der Waals surface area contributed by atoms with Gasteiger partial charge in [0.15, 0.2) is 5.78 Å². The van der Waals surface area contributed by atoms with E-state index in [2.05, 4.69) is 5.92 Å². The molecule has 1 amide bonds. The highest BCUT2D eigenvalue weighted by Crippen LogP contribution is 2.38. The first-order valence-corrected chi connectivity index (χ1v) is 6.20. The fraction of sp³-hybridized carbons (Fsp3) is 0.333. The van der Waals surface area contributed by atoms with Crippen molar-refractivity contribution in [3.05, 3.63) is 29.8 Å². The number of fused-ring (bicyclic) bond motifs is 1. The number of para-hydroxylation sites is 1. The van der Waals surface area contributed by atoms with Crippen molar-refractivity contribution in [1.82, 2.24) is 4.90 Å². The van der Waals surface area contributed by atoms with Gasteiger partial charge in [0.05, 0.1) is 18.5 Å². The van der Waals surface area contributed by atoms with Gasteiger partial charge >= 0.3 is 0 Å². The second-order valence-corrected chi connectivity index (χ2v) is 5.00. The number of hydrogen-bond acceptors (Lipinski definition) is 3. The van der Waals surface area contributed by atoms with Crippen molar-refractivity contribution in [3.63, 3.8) is 0 Å². The van der Waals surface area contributed by atoms with E-state index in [0.717, 1.165) is 0 Å². The lowest BCUT2D eigenvalue weighted by Gasteiger charge is -2.34. The lowest BCUT2D eigenvalue weighted by Crippen LogP contribution is -2.45. The van der Waals surface area contributed by atoms with Crippen LogP contribution in [-0.4, -0.2) is 35.3 Å². The van der Waals surface area contributed by atoms with Gasteiger partial charge in [0.1, 0.15) is 11.4 Å². The molecule has 0 aromatic heterocycles. The number of carbonyl (C=O) groups excluding carboxylic acids is 2. The van der Waals surface area contributed by atoms with E-state index in [1.807, 2.05) is 12.1 Å². The molecule has 2 heterocycles. The molecule has 0 radical (unpaired) electrons. The van der Waals surface area contributed by atoms with E-state index < -0.39 is 5.60 Å². The molecule has 1 atom stereocenters. The highest BCUT2D eigenvalue weighted by molar-refractivity contribution is 6.00. The summed E-state index contributed by atoms with van der Waals surface area (Å²) in [5.41, 5.74) is 0.0210. The summed E-state index contributed by atoms with van der Waals surface area (Å²) in [6, 6.07) is 7.22. The van der Waals surface area contributed by atoms with Gasteiger partial charge in [-0.25, -0.2) is 0 Å². The zero-order valence-corrected chi connectivity index (χ0v) is 10.4. The number of rotatable bonds is 0. The summed E-state index contributed by atoms with van der Waals surface area (Å²) in [5, 5.41) is 0. The summed E-state index contributed by atoms with van der Waals surface area (Å²) < 4.78 is 5.99. The molecular weight excluding hydrogens is 242 g/mol. The number of carbonyl (C=O) groups is 2. The van der Waals surface area contributed by atoms with Crippen molar-refractivity contribution in [2.45, 2.75) is 18.4 Å². The van der Waals surface area contributed by atoms with Crippen LogP contribution in [0.1, 0.15) is 23.2 Å². The van der Waals surface area contributed by atoms with Gasteiger partial charge in [-0.3, -0.25) is 9.59 Å². The molecule has 4 nitrogen and oxygen atoms in total. The smallest absolute Gasteiger partial charge is 0.298 e. The number of benzene rings is 1. The van der Waals surface area contributed by atoms with Crippen LogP contribution in [0.25, 0.3) is 0 Å². The predicted octanol–water partition coefficient (Wildman–Crippen LogP) is 1.26. The molecule has 1 aromatic carbocycles. The minimum absolute atomic E-state index is 0.0665. The van der Waals surface area contributed by atoms with Crippen LogP contribution in [0.4, 0.5) is 0 Å². The molecule has 0 aliphatic carbocycles. The fourth-order valence-electron chi connectivity index (χ4n) is 2.78. The van der Waals surface area contributed by atoms with E-state index in [4.69, 9.17) is 11.2 Å². The minimum atomic E-state index is -0.599. The monoisotopic (exact) mass is 255 g/mol. The van der Waals surface area contributed by atoms with E-state index >= 15 is 0 Å². The Morgan fingerprint density at radius 3 is 3.00 bits per heavy atom. The Morgan fingerprint density at radius 1 is 1.42 bits per heavy atom. The second-order valence-electron chi connectivity index (χ2n) is 5.00. The fourth-order valence-corrected chi connectivity index (χ4v) is 2.78. The number of ether oxygens (including phenoxy) is 1. The molecular formula is C15H13NO3. The topological polar surface area (TPSA) is 46.6 Å². The van der Waals surface area contributed by atoms with Crippen LogP contribution in [0.15, 0.2) is 24.3 Å². The molecule has 2 aliphatic heterocycles. The maximum Gasteiger partial charge on any atom is 0.298 e. The first kappa shape index (κ1) is 11.8. The van der Waals surface area contributed by atoms with Gasteiger partial charge in [0, 0.05) is 13.0 Å². The molecule has 1 saturated heterocycles. The van der Waals surface area contributed by atoms with E-state index in [1.54, 1.807) is 17.0 Å². The largest absolute Gasteiger partial charge is 0.484 e. The standard InChI is InChI=1S/C15H13NO3/c1-2-14(18)16-8-7-15(10-16)9-12(17)11-5-3-4-6-13(11)19-15/h1,3-6H,7-10H2. The molecule has 0 bridgehead atoms. The van der Waals surface area contributed by atoms with Crippen LogP contribution in [0.3, 0.4) is 0 Å². The molecule has 0 saturated carbocycles. The van der Waals surface area contributed by atoms with E-state index in [1.165, 1.54) is 0 Å². The summed E-state index contributed by atoms with van der Waals surface area (Å²) in [6.07, 6.45) is 6.07. The summed E-state index contributed by atoms with van der Waals surface area (Å²) in [6.45, 7) is 0.925. The number of hydrogen-bond donors (Lipinski definition) is 0. The molecule has 19 heavy (non-hydrogen) atoms. The summed E-state index contributed by atoms with van der Waals surface area (Å²) in [7, 11) is 0. The molecule has 4 heteroatoms. The first-order chi connectivity index (χ1) is 9.13. The zero-order valence-electron chi connectivity index (χ0n) is 10.4. The molecule has 96 valence electrons. The van der Waals surface area contributed by atoms with Crippen LogP contribution in [0, 0.1) is 12.3 Å². The Kier molecular flexibility index (Phi) is 2.56. The Hall–Kier alpha value is -2.28. The highest BCUT2D eigenvalue weighted by Gasteiger charge is 2.46. The average molecular weight is 255 g/mol. The maximum atomic E-state index is 12.2. The van der Waals surface area contributed by atoms with Gasteiger partial charge in [0.25, 0.3) is 5.91 Å². The third-order valence-electron chi connectivity index (χ3n) is 3.72. The number of nitrogens with zero attached hydrogens (tertiary/aromatic N) is 1. The van der Waals surface area contributed by atoms with Gasteiger partial charge in [-0.1, -0.05) is 12.1 Å². The first-order valence-electron chi connectivity index (χ1n) is 6.20. The van der Waals surface area contributed by atoms with Crippen molar-refractivity contribution in [3.8, 4) is 18.1 Å². The Labute approximate surface area is 111 Å². The molecule has 3 rings (SSSR count). The Morgan fingerprint density at radius 2 is 2.21 bits per heavy atom. The van der Waals surface area contributed by atoms with Gasteiger partial charge in [-0.15, -0.1) is 6.42 Å². The zero-order chi connectivity index (χ0) is 13.5. The van der Waals surface area contributed by atoms with Gasteiger partial charge in [-0.2, -0.15) is 0 Å². The van der Waals surface area contributed by atoms with Crippen LogP contribution in [0.2, 0.25) is 0 Å². The highest BCUT2D eigenvalue weighted by atomic mass is 16.5. The predicted molar refractivity (Wildman–Crippen MR) is 68.8 cm³/mol. The third kappa shape index (κ3) is 1.88. The lowest BCUT2D eigenvalue weighted by molar-refractivity contribution is -0.124. The summed E-state index contributed by atoms with van der Waals surface area (Å²) in [5.74, 6) is 2.44. The van der Waals surface area contributed by atoms with Crippen LogP contribution >= 0.6 is 0 Å². The maximum absolute atomic E-state index is 12.2. The van der Waals surface area contributed by atoms with Crippen molar-refractivity contribution in [1.29, 1.82) is 0 Å². The Balaban J connectivity index is 1.88. The number of ketones is 1. The molecule has 0 N–H and O–H groups in total. The molecule has 1 unspecified atom stereocenters. The van der Waals surface area contributed by atoms with Gasteiger partial charge in [-0.05, 0) is 18.1 Å². The minimum Gasteiger partial charge on any atom is -0.484 e. The van der Waals surface area contributed by atoms with E-state index in [0.29, 0.717) is 37.2 Å². The lowest BCUT2D eigenvalue weighted by atomic mass is 9.89. The number of Topliss-reactive ketones (excluding diaryl/α,β-unsaturated/α-hetero) is 1. The molecule has 2 aliphatic rings. The van der Waals surface area contributed by atoms with Crippen molar-refractivity contribution in [2.75, 3.05) is 13.1 Å². The second kappa shape index (κ2) is 4.13. The van der Waals surface area contributed by atoms with E-state index in [-0.39, 0.29) is 11.7 Å². The third-order valence-corrected chi connectivity index (χ3v) is 3.72. The molecule has 1 aromatic rings. The van der Waals surface area contributed by atoms with Gasteiger partial charge < -0.3 is 9.64 Å². The Bertz CT molecular complexity index is 602. The van der Waals surface area contributed by atoms with Gasteiger partial charge in [0.2, 0.25) is 0 Å².